The first-order valence-corrected chi connectivity index (χ1v) is 10.3. The topological polar surface area (TPSA) is 84.0 Å². The summed E-state index contributed by atoms with van der Waals surface area (Å²) in [5.74, 6) is 2.53. The first-order chi connectivity index (χ1) is 13.7. The molecule has 0 bridgehead atoms. The van der Waals surface area contributed by atoms with Crippen molar-refractivity contribution in [3.8, 4) is 11.5 Å². The van der Waals surface area contributed by atoms with Crippen LogP contribution in [0.1, 0.15) is 51.0 Å². The van der Waals surface area contributed by atoms with Crippen LogP contribution in [0.15, 0.2) is 23.2 Å². The van der Waals surface area contributed by atoms with Crippen molar-refractivity contribution in [2.45, 2.75) is 64.1 Å². The Labute approximate surface area is 190 Å². The molecule has 1 amide bonds. The smallest absolute Gasteiger partial charge is 0.220 e. The van der Waals surface area contributed by atoms with Gasteiger partial charge in [0.15, 0.2) is 5.96 Å². The molecule has 1 aliphatic carbocycles. The highest BCUT2D eigenvalue weighted by Crippen LogP contribution is 2.30. The van der Waals surface area contributed by atoms with E-state index < -0.39 is 0 Å². The summed E-state index contributed by atoms with van der Waals surface area (Å²) in [4.78, 5) is 16.1. The molecule has 1 saturated carbocycles. The molecule has 1 atom stereocenters. The fraction of sp³-hybridized carbons (Fsp3) is 0.619. The third-order valence-corrected chi connectivity index (χ3v) is 5.23. The van der Waals surface area contributed by atoms with E-state index in [9.17, 15) is 4.79 Å². The maximum atomic E-state index is 11.4. The second-order valence-corrected chi connectivity index (χ2v) is 7.38. The summed E-state index contributed by atoms with van der Waals surface area (Å²) in [5, 5.41) is 9.61. The largest absolute Gasteiger partial charge is 0.497 e. The Bertz CT molecular complexity index is 683. The van der Waals surface area contributed by atoms with Gasteiger partial charge in [-0.3, -0.25) is 4.79 Å². The minimum Gasteiger partial charge on any atom is -0.497 e. The van der Waals surface area contributed by atoms with Crippen molar-refractivity contribution in [3.63, 3.8) is 0 Å². The molecule has 3 N–H and O–H groups in total. The van der Waals surface area contributed by atoms with Gasteiger partial charge in [-0.2, -0.15) is 0 Å². The number of benzene rings is 1. The Morgan fingerprint density at radius 1 is 1.28 bits per heavy atom. The maximum absolute atomic E-state index is 11.4. The lowest BCUT2D eigenvalue weighted by atomic mass is 10.1. The van der Waals surface area contributed by atoms with Crippen LogP contribution in [0, 0.1) is 0 Å². The lowest BCUT2D eigenvalue weighted by molar-refractivity contribution is -0.122. The molecule has 1 aromatic carbocycles. The summed E-state index contributed by atoms with van der Waals surface area (Å²) in [6.07, 6.45) is 6.33. The Morgan fingerprint density at radius 2 is 2.07 bits per heavy atom. The van der Waals surface area contributed by atoms with Crippen molar-refractivity contribution < 1.29 is 14.3 Å². The number of halogens is 1. The van der Waals surface area contributed by atoms with Crippen LogP contribution in [0.4, 0.5) is 0 Å². The second kappa shape index (κ2) is 12.1. The molecule has 2 fully saturated rings. The molecule has 1 unspecified atom stereocenters. The van der Waals surface area contributed by atoms with E-state index in [1.54, 1.807) is 7.11 Å². The highest BCUT2D eigenvalue weighted by molar-refractivity contribution is 14.0. The van der Waals surface area contributed by atoms with Crippen LogP contribution in [-0.2, 0) is 11.3 Å². The molecule has 1 aromatic rings. The molecule has 7 nitrogen and oxygen atoms in total. The van der Waals surface area contributed by atoms with Gasteiger partial charge in [-0.1, -0.05) is 0 Å². The number of nitrogens with one attached hydrogen (secondary N) is 3. The fourth-order valence-corrected chi connectivity index (χ4v) is 3.62. The number of piperidine rings is 1. The molecule has 1 saturated heterocycles. The first kappa shape index (κ1) is 23.6. The summed E-state index contributed by atoms with van der Waals surface area (Å²) in [5.41, 5.74) is 1.04. The molecular formula is C21H33IN4O3. The number of nitrogens with zero attached hydrogens (tertiary/aromatic N) is 1. The Hall–Kier alpha value is -1.71. The van der Waals surface area contributed by atoms with Gasteiger partial charge >= 0.3 is 0 Å². The first-order valence-electron chi connectivity index (χ1n) is 10.3. The molecule has 3 rings (SSSR count). The zero-order chi connectivity index (χ0) is 19.8. The van der Waals surface area contributed by atoms with Gasteiger partial charge in [-0.05, 0) is 51.2 Å². The van der Waals surface area contributed by atoms with Gasteiger partial charge in [-0.15, -0.1) is 24.0 Å². The van der Waals surface area contributed by atoms with E-state index in [4.69, 9.17) is 14.5 Å². The molecule has 8 heteroatoms. The standard InChI is InChI=1S/C21H32N4O3.HI/c1-3-22-21(25-16-9-11-20(26)23-14-16)24-13-15-8-10-18(27-2)12-19(15)28-17-6-4-5-7-17;/h8,10,12,16-17H,3-7,9,11,13-14H2,1-2H3,(H,23,26)(H2,22,24,25);1H. The van der Waals surface area contributed by atoms with Crippen molar-refractivity contribution in [1.29, 1.82) is 0 Å². The monoisotopic (exact) mass is 516 g/mol. The van der Waals surface area contributed by atoms with Gasteiger partial charge in [0, 0.05) is 37.2 Å². The van der Waals surface area contributed by atoms with Crippen LogP contribution in [0.25, 0.3) is 0 Å². The van der Waals surface area contributed by atoms with Gasteiger partial charge in [0.25, 0.3) is 0 Å². The van der Waals surface area contributed by atoms with Crippen molar-refractivity contribution in [2.24, 2.45) is 4.99 Å². The van der Waals surface area contributed by atoms with Gasteiger partial charge in [-0.25, -0.2) is 4.99 Å². The van der Waals surface area contributed by atoms with E-state index >= 15 is 0 Å². The van der Waals surface area contributed by atoms with Crippen molar-refractivity contribution >= 4 is 35.8 Å². The molecule has 0 radical (unpaired) electrons. The van der Waals surface area contributed by atoms with Gasteiger partial charge in [0.2, 0.25) is 5.91 Å². The Morgan fingerprint density at radius 3 is 2.72 bits per heavy atom. The maximum Gasteiger partial charge on any atom is 0.220 e. The van der Waals surface area contributed by atoms with Crippen LogP contribution in [0.2, 0.25) is 0 Å². The summed E-state index contributed by atoms with van der Waals surface area (Å²) < 4.78 is 11.6. The van der Waals surface area contributed by atoms with Crippen molar-refractivity contribution in [3.05, 3.63) is 23.8 Å². The second-order valence-electron chi connectivity index (χ2n) is 7.38. The van der Waals surface area contributed by atoms with Gasteiger partial charge in [0.05, 0.1) is 19.8 Å². The third kappa shape index (κ3) is 7.24. The number of carbonyl (C=O) groups is 1. The van der Waals surface area contributed by atoms with Crippen LogP contribution < -0.4 is 25.4 Å². The van der Waals surface area contributed by atoms with Crippen LogP contribution >= 0.6 is 24.0 Å². The summed E-state index contributed by atoms with van der Waals surface area (Å²) in [6, 6.07) is 6.13. The predicted octanol–water partition coefficient (Wildman–Crippen LogP) is 2.97. The third-order valence-electron chi connectivity index (χ3n) is 5.23. The number of methoxy groups -OCH3 is 1. The molecule has 29 heavy (non-hydrogen) atoms. The lowest BCUT2D eigenvalue weighted by Gasteiger charge is -2.25. The van der Waals surface area contributed by atoms with E-state index in [2.05, 4.69) is 16.0 Å². The van der Waals surface area contributed by atoms with Crippen molar-refractivity contribution in [1.82, 2.24) is 16.0 Å². The predicted molar refractivity (Wildman–Crippen MR) is 125 cm³/mol. The normalized spacial score (nSPS) is 19.9. The number of rotatable bonds is 7. The average molecular weight is 516 g/mol. The van der Waals surface area contributed by atoms with Gasteiger partial charge < -0.3 is 25.4 Å². The summed E-state index contributed by atoms with van der Waals surface area (Å²) in [7, 11) is 1.67. The van der Waals surface area contributed by atoms with Crippen LogP contribution in [0.3, 0.4) is 0 Å². The average Bonchev–Trinajstić information content (AvgIpc) is 3.21. The van der Waals surface area contributed by atoms with E-state index in [1.165, 1.54) is 12.8 Å². The Balaban J connectivity index is 0.00000300. The highest BCUT2D eigenvalue weighted by atomic mass is 127. The fourth-order valence-electron chi connectivity index (χ4n) is 3.62. The number of ether oxygens (including phenoxy) is 2. The minimum atomic E-state index is 0. The van der Waals surface area contributed by atoms with E-state index in [1.807, 2.05) is 25.1 Å². The number of hydrogen-bond acceptors (Lipinski definition) is 4. The molecular weight excluding hydrogens is 483 g/mol. The SMILES string of the molecule is CCNC(=NCc1ccc(OC)cc1OC1CCCC1)NC1CCC(=O)NC1.I. The van der Waals surface area contributed by atoms with E-state index in [0.29, 0.717) is 19.5 Å². The number of carbonyl (C=O) groups excluding carboxylic acids is 1. The van der Waals surface area contributed by atoms with Crippen molar-refractivity contribution in [2.75, 3.05) is 20.2 Å². The summed E-state index contributed by atoms with van der Waals surface area (Å²) in [6.45, 7) is 3.96. The van der Waals surface area contributed by atoms with Crippen LogP contribution in [-0.4, -0.2) is 44.2 Å². The Kier molecular flexibility index (Phi) is 9.83. The number of guanidine groups is 1. The highest BCUT2D eigenvalue weighted by Gasteiger charge is 2.20. The quantitative estimate of drug-likeness (QED) is 0.295. The van der Waals surface area contributed by atoms with Crippen LogP contribution in [0.5, 0.6) is 11.5 Å². The molecule has 2 aliphatic rings. The number of amides is 1. The van der Waals surface area contributed by atoms with Gasteiger partial charge in [0.1, 0.15) is 11.5 Å². The number of aliphatic imine (C=N–C) groups is 1. The minimum absolute atomic E-state index is 0. The number of hydrogen-bond donors (Lipinski definition) is 3. The molecule has 1 heterocycles. The van der Waals surface area contributed by atoms with E-state index in [0.717, 1.165) is 48.8 Å². The molecule has 0 aromatic heterocycles. The summed E-state index contributed by atoms with van der Waals surface area (Å²) >= 11 is 0. The molecule has 0 spiro atoms. The zero-order valence-electron chi connectivity index (χ0n) is 17.3. The van der Waals surface area contributed by atoms with E-state index in [-0.39, 0.29) is 42.0 Å². The lowest BCUT2D eigenvalue weighted by Crippen LogP contribution is -2.51. The zero-order valence-corrected chi connectivity index (χ0v) is 19.7. The molecule has 1 aliphatic heterocycles. The molecule has 162 valence electrons.